The molecule has 0 aliphatic heterocycles. The van der Waals surface area contributed by atoms with Crippen LogP contribution in [-0.4, -0.2) is 14.3 Å². The summed E-state index contributed by atoms with van der Waals surface area (Å²) in [4.78, 5) is 12.0. The van der Waals surface area contributed by atoms with Gasteiger partial charge in [0.2, 0.25) is 15.9 Å². The van der Waals surface area contributed by atoms with Crippen molar-refractivity contribution in [2.45, 2.75) is 24.3 Å². The van der Waals surface area contributed by atoms with Gasteiger partial charge in [0.1, 0.15) is 5.54 Å². The zero-order valence-electron chi connectivity index (χ0n) is 12.7. The van der Waals surface area contributed by atoms with E-state index in [0.717, 1.165) is 0 Å². The molecule has 1 unspecified atom stereocenters. The van der Waals surface area contributed by atoms with Crippen molar-refractivity contribution in [1.29, 1.82) is 0 Å². The van der Waals surface area contributed by atoms with E-state index in [2.05, 4.69) is 4.72 Å². The molecule has 1 atom stereocenters. The summed E-state index contributed by atoms with van der Waals surface area (Å²) < 4.78 is 27.9. The van der Waals surface area contributed by atoms with E-state index >= 15 is 0 Å². The first-order chi connectivity index (χ1) is 10.7. The highest BCUT2D eigenvalue weighted by Gasteiger charge is 2.38. The van der Waals surface area contributed by atoms with Crippen molar-refractivity contribution in [2.24, 2.45) is 5.73 Å². The number of hydrogen-bond donors (Lipinski definition) is 2. The molecule has 0 saturated carbocycles. The molecule has 23 heavy (non-hydrogen) atoms. The monoisotopic (exact) mass is 352 g/mol. The van der Waals surface area contributed by atoms with E-state index in [4.69, 9.17) is 17.3 Å². The zero-order valence-corrected chi connectivity index (χ0v) is 14.3. The van der Waals surface area contributed by atoms with Gasteiger partial charge >= 0.3 is 0 Å². The summed E-state index contributed by atoms with van der Waals surface area (Å²) in [6.45, 7) is 3.03. The molecule has 2 aromatic carbocycles. The van der Waals surface area contributed by atoms with Gasteiger partial charge in [-0.15, -0.1) is 0 Å². The minimum absolute atomic E-state index is 0.00778. The second-order valence-electron chi connectivity index (χ2n) is 5.32. The Bertz CT molecular complexity index is 838. The fraction of sp³-hybridized carbons (Fsp3) is 0.188. The molecule has 5 nitrogen and oxygen atoms in total. The lowest BCUT2D eigenvalue weighted by Gasteiger charge is -2.28. The molecule has 122 valence electrons. The Morgan fingerprint density at radius 1 is 1.13 bits per heavy atom. The minimum atomic E-state index is -4.00. The Kier molecular flexibility index (Phi) is 4.79. The Labute approximate surface area is 140 Å². The highest BCUT2D eigenvalue weighted by Crippen LogP contribution is 2.27. The highest BCUT2D eigenvalue weighted by atomic mass is 35.5. The number of halogens is 1. The van der Waals surface area contributed by atoms with E-state index in [1.807, 2.05) is 0 Å². The van der Waals surface area contributed by atoms with Crippen LogP contribution in [0.4, 0.5) is 0 Å². The quantitative estimate of drug-likeness (QED) is 0.865. The van der Waals surface area contributed by atoms with Crippen LogP contribution in [0.3, 0.4) is 0 Å². The van der Waals surface area contributed by atoms with Crippen LogP contribution in [0.2, 0.25) is 5.02 Å². The lowest BCUT2D eigenvalue weighted by atomic mass is 9.93. The van der Waals surface area contributed by atoms with Crippen molar-refractivity contribution < 1.29 is 13.2 Å². The van der Waals surface area contributed by atoms with Crippen LogP contribution in [0, 0.1) is 6.92 Å². The maximum atomic E-state index is 12.7. The lowest BCUT2D eigenvalue weighted by Crippen LogP contribution is -2.52. The summed E-state index contributed by atoms with van der Waals surface area (Å²) in [6.07, 6.45) is 0. The van der Waals surface area contributed by atoms with Gasteiger partial charge < -0.3 is 5.73 Å². The summed E-state index contributed by atoms with van der Waals surface area (Å²) in [7, 11) is -4.00. The van der Waals surface area contributed by atoms with Gasteiger partial charge in [-0.25, -0.2) is 8.42 Å². The SMILES string of the molecule is Cc1c(Cl)cccc1S(=O)(=O)NC(C)(C(N)=O)c1ccccc1. The molecule has 0 aromatic heterocycles. The average Bonchev–Trinajstić information content (AvgIpc) is 2.50. The largest absolute Gasteiger partial charge is 0.368 e. The molecule has 0 spiro atoms. The van der Waals surface area contributed by atoms with E-state index in [0.29, 0.717) is 16.1 Å². The molecular weight excluding hydrogens is 336 g/mol. The third-order valence-electron chi connectivity index (χ3n) is 3.69. The van der Waals surface area contributed by atoms with Crippen molar-refractivity contribution in [3.8, 4) is 0 Å². The lowest BCUT2D eigenvalue weighted by molar-refractivity contribution is -0.123. The van der Waals surface area contributed by atoms with Crippen LogP contribution in [-0.2, 0) is 20.4 Å². The van der Waals surface area contributed by atoms with Gasteiger partial charge in [0.25, 0.3) is 0 Å². The predicted octanol–water partition coefficient (Wildman–Crippen LogP) is 2.33. The number of nitrogens with one attached hydrogen (secondary N) is 1. The smallest absolute Gasteiger partial charge is 0.243 e. The molecule has 0 fully saturated rings. The van der Waals surface area contributed by atoms with Gasteiger partial charge in [-0.1, -0.05) is 48.0 Å². The van der Waals surface area contributed by atoms with Crippen LogP contribution in [0.25, 0.3) is 0 Å². The Morgan fingerprint density at radius 3 is 2.30 bits per heavy atom. The van der Waals surface area contributed by atoms with E-state index in [9.17, 15) is 13.2 Å². The Balaban J connectivity index is 2.53. The van der Waals surface area contributed by atoms with Gasteiger partial charge in [0.15, 0.2) is 0 Å². The van der Waals surface area contributed by atoms with Crippen LogP contribution in [0.5, 0.6) is 0 Å². The maximum Gasteiger partial charge on any atom is 0.243 e. The number of nitrogens with two attached hydrogens (primary N) is 1. The van der Waals surface area contributed by atoms with Crippen molar-refractivity contribution in [2.75, 3.05) is 0 Å². The molecule has 2 aromatic rings. The molecule has 0 radical (unpaired) electrons. The number of hydrogen-bond acceptors (Lipinski definition) is 3. The third kappa shape index (κ3) is 3.39. The topological polar surface area (TPSA) is 89.3 Å². The highest BCUT2D eigenvalue weighted by molar-refractivity contribution is 7.89. The van der Waals surface area contributed by atoms with Crippen LogP contribution in [0.1, 0.15) is 18.1 Å². The first-order valence-corrected chi connectivity index (χ1v) is 8.69. The Morgan fingerprint density at radius 2 is 1.74 bits per heavy atom. The summed E-state index contributed by atoms with van der Waals surface area (Å²) in [5.41, 5.74) is 4.75. The van der Waals surface area contributed by atoms with E-state index in [1.165, 1.54) is 19.1 Å². The molecule has 7 heteroatoms. The van der Waals surface area contributed by atoms with Crippen molar-refractivity contribution in [3.05, 3.63) is 64.7 Å². The van der Waals surface area contributed by atoms with Crippen LogP contribution >= 0.6 is 11.6 Å². The first-order valence-electron chi connectivity index (χ1n) is 6.83. The number of primary amides is 1. The molecule has 0 aliphatic rings. The molecule has 1 amide bonds. The summed E-state index contributed by atoms with van der Waals surface area (Å²) in [5, 5.41) is 0.327. The number of benzene rings is 2. The number of carbonyl (C=O) groups excluding carboxylic acids is 1. The molecule has 0 bridgehead atoms. The number of carbonyl (C=O) groups is 1. The van der Waals surface area contributed by atoms with E-state index in [-0.39, 0.29) is 4.90 Å². The van der Waals surface area contributed by atoms with Gasteiger partial charge in [-0.2, -0.15) is 4.72 Å². The number of rotatable bonds is 5. The third-order valence-corrected chi connectivity index (χ3v) is 5.80. The number of sulfonamides is 1. The number of amides is 1. The van der Waals surface area contributed by atoms with Gasteiger partial charge in [-0.3, -0.25) is 4.79 Å². The fourth-order valence-electron chi connectivity index (χ4n) is 2.23. The second-order valence-corrected chi connectivity index (χ2v) is 7.38. The normalized spacial score (nSPS) is 14.2. The van der Waals surface area contributed by atoms with Crippen LogP contribution < -0.4 is 10.5 Å². The first kappa shape index (κ1) is 17.5. The van der Waals surface area contributed by atoms with Gasteiger partial charge in [-0.05, 0) is 37.1 Å². The van der Waals surface area contributed by atoms with E-state index in [1.54, 1.807) is 43.3 Å². The molecular formula is C16H17ClN2O3S. The molecule has 2 rings (SSSR count). The summed E-state index contributed by atoms with van der Waals surface area (Å²) in [6, 6.07) is 13.0. The Hall–Kier alpha value is -1.89. The summed E-state index contributed by atoms with van der Waals surface area (Å²) >= 11 is 5.99. The fourth-order valence-corrected chi connectivity index (χ4v) is 4.09. The standard InChI is InChI=1S/C16H17ClN2O3S/c1-11-13(17)9-6-10-14(11)23(21,22)19-16(2,15(18)20)12-7-4-3-5-8-12/h3-10,19H,1-2H3,(H2,18,20). The average molecular weight is 353 g/mol. The van der Waals surface area contributed by atoms with Crippen LogP contribution in [0.15, 0.2) is 53.4 Å². The maximum absolute atomic E-state index is 12.7. The minimum Gasteiger partial charge on any atom is -0.368 e. The zero-order chi connectivity index (χ0) is 17.3. The van der Waals surface area contributed by atoms with Crippen molar-refractivity contribution >= 4 is 27.5 Å². The van der Waals surface area contributed by atoms with Gasteiger partial charge in [0, 0.05) is 5.02 Å². The molecule has 0 heterocycles. The predicted molar refractivity (Wildman–Crippen MR) is 89.5 cm³/mol. The second kappa shape index (κ2) is 6.31. The van der Waals surface area contributed by atoms with Crippen molar-refractivity contribution in [3.63, 3.8) is 0 Å². The molecule has 0 saturated heterocycles. The summed E-state index contributed by atoms with van der Waals surface area (Å²) in [5.74, 6) is -0.799. The molecule has 0 aliphatic carbocycles. The van der Waals surface area contributed by atoms with Crippen molar-refractivity contribution in [1.82, 2.24) is 4.72 Å². The molecule has 3 N–H and O–H groups in total. The van der Waals surface area contributed by atoms with E-state index < -0.39 is 21.5 Å². The van der Waals surface area contributed by atoms with Gasteiger partial charge in [0.05, 0.1) is 4.90 Å².